The summed E-state index contributed by atoms with van der Waals surface area (Å²) < 4.78 is 0. The highest BCUT2D eigenvalue weighted by Gasteiger charge is 2.10. The molecule has 0 radical (unpaired) electrons. The molecule has 0 bridgehead atoms. The summed E-state index contributed by atoms with van der Waals surface area (Å²) in [6.07, 6.45) is 0. The van der Waals surface area contributed by atoms with Crippen LogP contribution < -0.4 is 10.6 Å². The van der Waals surface area contributed by atoms with E-state index in [9.17, 15) is 14.7 Å². The molecule has 0 aliphatic carbocycles. The molecule has 2 aromatic carbocycles. The van der Waals surface area contributed by atoms with Crippen LogP contribution in [0.1, 0.15) is 20.7 Å². The minimum atomic E-state index is -0.387. The van der Waals surface area contributed by atoms with Crippen LogP contribution in [0, 0.1) is 0 Å². The summed E-state index contributed by atoms with van der Waals surface area (Å²) in [5.74, 6) is -0.711. The molecule has 0 aliphatic heterocycles. The van der Waals surface area contributed by atoms with Crippen molar-refractivity contribution in [3.05, 3.63) is 59.7 Å². The van der Waals surface area contributed by atoms with E-state index < -0.39 is 0 Å². The third-order valence-corrected chi connectivity index (χ3v) is 3.38. The van der Waals surface area contributed by atoms with E-state index in [1.165, 1.54) is 12.1 Å². The van der Waals surface area contributed by atoms with Gasteiger partial charge in [-0.05, 0) is 24.3 Å². The normalized spacial score (nSPS) is 10.0. The second-order valence-electron chi connectivity index (χ2n) is 4.55. The van der Waals surface area contributed by atoms with E-state index in [-0.39, 0.29) is 36.2 Å². The molecule has 3 N–H and O–H groups in total. The zero-order valence-electron chi connectivity index (χ0n) is 11.7. The van der Waals surface area contributed by atoms with Crippen molar-refractivity contribution in [3.8, 4) is 5.75 Å². The first-order valence-corrected chi connectivity index (χ1v) is 7.16. The van der Waals surface area contributed by atoms with Crippen molar-refractivity contribution < 1.29 is 14.7 Å². The van der Waals surface area contributed by atoms with Gasteiger partial charge >= 0.3 is 0 Å². The molecule has 6 heteroatoms. The minimum absolute atomic E-state index is 0.0759. The lowest BCUT2D eigenvalue weighted by molar-refractivity contribution is 0.0924. The smallest absolute Gasteiger partial charge is 0.255 e. The van der Waals surface area contributed by atoms with Crippen LogP contribution in [0.5, 0.6) is 5.75 Å². The number of hydrogen-bond acceptors (Lipinski definition) is 4. The van der Waals surface area contributed by atoms with Gasteiger partial charge in [0.05, 0.1) is 11.1 Å². The molecular weight excluding hydrogens is 300 g/mol. The number of phenolic OH excluding ortho intramolecular Hbond substituents is 1. The third-order valence-electron chi connectivity index (χ3n) is 2.99. The molecule has 0 heterocycles. The van der Waals surface area contributed by atoms with E-state index in [1.807, 2.05) is 0 Å². The number of amides is 2. The summed E-state index contributed by atoms with van der Waals surface area (Å²) in [6, 6.07) is 13.2. The largest absolute Gasteiger partial charge is 0.507 e. The van der Waals surface area contributed by atoms with Crippen molar-refractivity contribution in [2.24, 2.45) is 0 Å². The van der Waals surface area contributed by atoms with Gasteiger partial charge in [-0.3, -0.25) is 9.59 Å². The number of rotatable bonds is 5. The van der Waals surface area contributed by atoms with Gasteiger partial charge in [-0.1, -0.05) is 24.3 Å². The second kappa shape index (κ2) is 7.51. The fourth-order valence-electron chi connectivity index (χ4n) is 1.87. The van der Waals surface area contributed by atoms with Crippen LogP contribution in [0.2, 0.25) is 0 Å². The van der Waals surface area contributed by atoms with Crippen LogP contribution in [-0.4, -0.2) is 30.0 Å². The Balaban J connectivity index is 1.80. The van der Waals surface area contributed by atoms with E-state index in [0.717, 1.165) is 0 Å². The molecule has 5 nitrogen and oxygen atoms in total. The molecule has 2 rings (SSSR count). The van der Waals surface area contributed by atoms with E-state index in [0.29, 0.717) is 10.5 Å². The molecule has 0 spiro atoms. The Morgan fingerprint density at radius 1 is 0.864 bits per heavy atom. The van der Waals surface area contributed by atoms with Gasteiger partial charge in [-0.2, -0.15) is 0 Å². The lowest BCUT2D eigenvalue weighted by Gasteiger charge is -2.09. The Bertz CT molecular complexity index is 629. The molecule has 0 fully saturated rings. The molecule has 114 valence electrons. The molecule has 0 atom stereocenters. The Hall–Kier alpha value is -2.47. The number of phenols is 1. The minimum Gasteiger partial charge on any atom is -0.507 e. The van der Waals surface area contributed by atoms with Crippen LogP contribution in [0.3, 0.4) is 0 Å². The number of hydrogen-bond donors (Lipinski definition) is 4. The number of para-hydroxylation sites is 1. The van der Waals surface area contributed by atoms with Crippen LogP contribution in [0.4, 0.5) is 0 Å². The van der Waals surface area contributed by atoms with Crippen LogP contribution in [-0.2, 0) is 0 Å². The van der Waals surface area contributed by atoms with Crippen molar-refractivity contribution in [2.75, 3.05) is 13.1 Å². The lowest BCUT2D eigenvalue weighted by Crippen LogP contribution is -2.34. The van der Waals surface area contributed by atoms with E-state index in [1.54, 1.807) is 36.4 Å². The van der Waals surface area contributed by atoms with Gasteiger partial charge in [0.1, 0.15) is 5.75 Å². The fraction of sp³-hybridized carbons (Fsp3) is 0.125. The average Bonchev–Trinajstić information content (AvgIpc) is 2.52. The monoisotopic (exact) mass is 316 g/mol. The molecule has 0 aromatic heterocycles. The van der Waals surface area contributed by atoms with Gasteiger partial charge in [-0.15, -0.1) is 12.6 Å². The second-order valence-corrected chi connectivity index (χ2v) is 5.03. The van der Waals surface area contributed by atoms with Gasteiger partial charge in [-0.25, -0.2) is 0 Å². The summed E-state index contributed by atoms with van der Waals surface area (Å²) in [7, 11) is 0. The zero-order valence-corrected chi connectivity index (χ0v) is 12.6. The van der Waals surface area contributed by atoms with Gasteiger partial charge in [0.25, 0.3) is 11.8 Å². The number of aromatic hydroxyl groups is 1. The molecule has 2 aromatic rings. The number of benzene rings is 2. The maximum atomic E-state index is 11.9. The van der Waals surface area contributed by atoms with Crippen LogP contribution >= 0.6 is 12.6 Å². The van der Waals surface area contributed by atoms with Gasteiger partial charge in [0.15, 0.2) is 0 Å². The van der Waals surface area contributed by atoms with Gasteiger partial charge < -0.3 is 15.7 Å². The van der Waals surface area contributed by atoms with Gasteiger partial charge in [0, 0.05) is 18.0 Å². The maximum Gasteiger partial charge on any atom is 0.255 e. The highest BCUT2D eigenvalue weighted by Crippen LogP contribution is 2.15. The number of nitrogens with one attached hydrogen (secondary N) is 2. The highest BCUT2D eigenvalue weighted by molar-refractivity contribution is 7.80. The molecule has 2 amide bonds. The predicted molar refractivity (Wildman–Crippen MR) is 86.5 cm³/mol. The number of carbonyl (C=O) groups is 2. The Morgan fingerprint density at radius 2 is 1.36 bits per heavy atom. The van der Waals surface area contributed by atoms with Crippen molar-refractivity contribution in [3.63, 3.8) is 0 Å². The average molecular weight is 316 g/mol. The molecule has 0 saturated heterocycles. The molecule has 22 heavy (non-hydrogen) atoms. The SMILES string of the molecule is O=C(NCCNC(=O)c1ccccc1S)c1ccccc1O. The van der Waals surface area contributed by atoms with E-state index in [2.05, 4.69) is 23.3 Å². The van der Waals surface area contributed by atoms with Crippen molar-refractivity contribution in [1.29, 1.82) is 0 Å². The first-order valence-electron chi connectivity index (χ1n) is 6.72. The molecule has 0 aliphatic rings. The summed E-state index contributed by atoms with van der Waals surface area (Å²) in [4.78, 5) is 24.4. The Labute approximate surface area is 133 Å². The van der Waals surface area contributed by atoms with E-state index >= 15 is 0 Å². The van der Waals surface area contributed by atoms with Crippen molar-refractivity contribution in [1.82, 2.24) is 10.6 Å². The molecule has 0 unspecified atom stereocenters. The Kier molecular flexibility index (Phi) is 5.43. The first kappa shape index (κ1) is 15.9. The summed E-state index contributed by atoms with van der Waals surface area (Å²) in [5, 5.41) is 14.9. The van der Waals surface area contributed by atoms with Gasteiger partial charge in [0.2, 0.25) is 0 Å². The molecular formula is C16H16N2O3S. The number of carbonyl (C=O) groups excluding carboxylic acids is 2. The fourth-order valence-corrected chi connectivity index (χ4v) is 2.14. The standard InChI is InChI=1S/C16H16N2O3S/c19-13-7-3-1-5-11(13)15(20)17-9-10-18-16(21)12-6-2-4-8-14(12)22/h1-8,19,22H,9-10H2,(H,17,20)(H,18,21). The summed E-state index contributed by atoms with van der Waals surface area (Å²) in [5.41, 5.74) is 0.687. The molecule has 0 saturated carbocycles. The van der Waals surface area contributed by atoms with Crippen molar-refractivity contribution in [2.45, 2.75) is 4.90 Å². The Morgan fingerprint density at radius 3 is 1.95 bits per heavy atom. The third kappa shape index (κ3) is 4.02. The van der Waals surface area contributed by atoms with Crippen LogP contribution in [0.25, 0.3) is 0 Å². The first-order chi connectivity index (χ1) is 10.6. The van der Waals surface area contributed by atoms with Crippen molar-refractivity contribution >= 4 is 24.4 Å². The zero-order chi connectivity index (χ0) is 15.9. The van der Waals surface area contributed by atoms with E-state index in [4.69, 9.17) is 0 Å². The maximum absolute atomic E-state index is 11.9. The van der Waals surface area contributed by atoms with Crippen LogP contribution in [0.15, 0.2) is 53.4 Å². The predicted octanol–water partition coefficient (Wildman–Crippen LogP) is 1.84. The quantitative estimate of drug-likeness (QED) is 0.502. The summed E-state index contributed by atoms with van der Waals surface area (Å²) in [6.45, 7) is 0.536. The lowest BCUT2D eigenvalue weighted by atomic mass is 10.2. The topological polar surface area (TPSA) is 78.4 Å². The highest BCUT2D eigenvalue weighted by atomic mass is 32.1. The number of thiol groups is 1. The summed E-state index contributed by atoms with van der Waals surface area (Å²) >= 11 is 4.22.